The third-order valence-corrected chi connectivity index (χ3v) is 12.4. The van der Waals surface area contributed by atoms with E-state index in [0.717, 1.165) is 48.3 Å². The predicted molar refractivity (Wildman–Crippen MR) is 134 cm³/mol. The van der Waals surface area contributed by atoms with Gasteiger partial charge in [0, 0.05) is 0 Å². The van der Waals surface area contributed by atoms with Gasteiger partial charge < -0.3 is 0 Å². The van der Waals surface area contributed by atoms with Crippen LogP contribution in [0, 0.1) is 6.92 Å². The van der Waals surface area contributed by atoms with Crippen molar-refractivity contribution in [1.82, 2.24) is 15.2 Å². The van der Waals surface area contributed by atoms with Crippen LogP contribution in [-0.2, 0) is 16.9 Å². The Kier molecular flexibility index (Phi) is 5.47. The van der Waals surface area contributed by atoms with E-state index >= 15 is 0 Å². The number of nitrogens with zero attached hydrogens (tertiary/aromatic N) is 1. The predicted octanol–water partition coefficient (Wildman–Crippen LogP) is 5.29. The molecule has 176 valence electrons. The van der Waals surface area contributed by atoms with Gasteiger partial charge in [-0.1, -0.05) is 12.2 Å². The number of urea groups is 1. The van der Waals surface area contributed by atoms with Crippen molar-refractivity contribution in [2.75, 3.05) is 5.32 Å². The van der Waals surface area contributed by atoms with Crippen LogP contribution < -0.4 is 10.6 Å². The van der Waals surface area contributed by atoms with Crippen LogP contribution in [0.25, 0.3) is 0 Å². The maximum atomic E-state index is 13.3. The second kappa shape index (κ2) is 7.65. The monoisotopic (exact) mass is 455 g/mol. The number of amides is 3. The first-order chi connectivity index (χ1) is 14.9. The Hall–Kier alpha value is -2.28. The van der Waals surface area contributed by atoms with E-state index in [-0.39, 0.29) is 23.0 Å². The molecule has 0 radical (unpaired) electrons. The third kappa shape index (κ3) is 3.64. The Labute approximate surface area is 192 Å². The van der Waals surface area contributed by atoms with Gasteiger partial charge >= 0.3 is 174 Å². The molecule has 3 amide bonds. The molecule has 4 rings (SSSR count). The van der Waals surface area contributed by atoms with E-state index in [1.807, 2.05) is 18.7 Å². The first-order valence-corrected chi connectivity index (χ1v) is 16.2. The fourth-order valence-electron chi connectivity index (χ4n) is 5.54. The van der Waals surface area contributed by atoms with E-state index in [4.69, 9.17) is 0 Å². The average molecular weight is 456 g/mol. The van der Waals surface area contributed by atoms with Gasteiger partial charge in [0.15, 0.2) is 0 Å². The molecule has 1 fully saturated rings. The molecule has 6 nitrogen and oxygen atoms in total. The van der Waals surface area contributed by atoms with Crippen molar-refractivity contribution < 1.29 is 9.59 Å². The number of fused-ring (bicyclic) bond motifs is 1. The Morgan fingerprint density at radius 2 is 1.91 bits per heavy atom. The number of H-pyrrole nitrogens is 1. The van der Waals surface area contributed by atoms with Gasteiger partial charge in [-0.2, -0.15) is 0 Å². The van der Waals surface area contributed by atoms with E-state index in [1.165, 1.54) is 5.57 Å². The maximum absolute atomic E-state index is 13.3. The number of carbonyl (C=O) groups excluding carboxylic acids is 2. The topological polar surface area (TPSA) is 77.2 Å². The standard InChI is InChI=1S/C25H39N4O2Si/c1-16(18-11-9-8-10-12-18)27-23(31)29-15-19-20(17(2)26-21(19)24(29,3)4)28-22(30)25(13-14-25)32(5,6)7/h8-9,11,16,26,32H,10,12-15H2,1-7H3,(H,27,31)(H,28,30)/q-1/t16-/m1/s1. The number of nitrogens with one attached hydrogen (secondary N) is 3. The molecule has 32 heavy (non-hydrogen) atoms. The van der Waals surface area contributed by atoms with E-state index < -0.39 is 13.6 Å². The molecule has 2 aliphatic carbocycles. The minimum atomic E-state index is -1.92. The number of hydrogen-bond donors (Lipinski definition) is 3. The number of anilines is 1. The summed E-state index contributed by atoms with van der Waals surface area (Å²) < 4.78 is 0. The van der Waals surface area contributed by atoms with E-state index in [2.05, 4.69) is 67.3 Å². The number of rotatable bonds is 5. The van der Waals surface area contributed by atoms with Gasteiger partial charge in [0.1, 0.15) is 0 Å². The summed E-state index contributed by atoms with van der Waals surface area (Å²) in [6.07, 6.45) is 10.3. The van der Waals surface area contributed by atoms with Crippen LogP contribution in [-0.4, -0.2) is 35.9 Å². The van der Waals surface area contributed by atoms with Gasteiger partial charge in [-0.3, -0.25) is 0 Å². The number of carbonyl (C=O) groups is 2. The molecule has 1 atom stereocenters. The number of aromatic nitrogens is 1. The normalized spacial score (nSPS) is 22.1. The molecule has 1 aromatic heterocycles. The summed E-state index contributed by atoms with van der Waals surface area (Å²) >= 11 is 0. The molecular formula is C25H39N4O2Si-. The van der Waals surface area contributed by atoms with Crippen molar-refractivity contribution in [2.45, 2.75) is 96.2 Å². The summed E-state index contributed by atoms with van der Waals surface area (Å²) in [6.45, 7) is 15.6. The summed E-state index contributed by atoms with van der Waals surface area (Å²) in [7, 11) is -1.92. The van der Waals surface area contributed by atoms with Crippen LogP contribution in [0.3, 0.4) is 0 Å². The quantitative estimate of drug-likeness (QED) is 0.528. The zero-order chi connectivity index (χ0) is 23.5. The molecule has 0 aromatic carbocycles. The first-order valence-electron chi connectivity index (χ1n) is 12.1. The second-order valence-corrected chi connectivity index (χ2v) is 18.0. The molecule has 1 saturated carbocycles. The van der Waals surface area contributed by atoms with Gasteiger partial charge in [-0.05, 0) is 6.42 Å². The van der Waals surface area contributed by atoms with Gasteiger partial charge in [0.25, 0.3) is 0 Å². The summed E-state index contributed by atoms with van der Waals surface area (Å²) in [5, 5.41) is 6.34. The number of aryl methyl sites for hydroxylation is 1. The molecule has 0 spiro atoms. The Bertz CT molecular complexity index is 1010. The van der Waals surface area contributed by atoms with Crippen molar-refractivity contribution in [3.63, 3.8) is 0 Å². The van der Waals surface area contributed by atoms with E-state index in [0.29, 0.717) is 6.54 Å². The summed E-state index contributed by atoms with van der Waals surface area (Å²) in [6, 6.07) is -0.0738. The summed E-state index contributed by atoms with van der Waals surface area (Å²) in [5.74, 6) is 0.173. The minimum absolute atomic E-state index is 0.00411. The Morgan fingerprint density at radius 3 is 2.47 bits per heavy atom. The van der Waals surface area contributed by atoms with Crippen molar-refractivity contribution in [1.29, 1.82) is 0 Å². The average Bonchev–Trinajstić information content (AvgIpc) is 3.43. The molecule has 0 bridgehead atoms. The second-order valence-electron chi connectivity index (χ2n) is 11.7. The SMILES string of the molecule is Cc1[nH]c2c(c1NC(=O)C1([SiH-](C)(C)C)CC1)CN(C(=O)N[C@H](C)C1=CC=CCC1)C2(C)C. The molecule has 7 heteroatoms. The number of allylic oxidation sites excluding steroid dienone is 3. The molecule has 2 heterocycles. The van der Waals surface area contributed by atoms with Crippen molar-refractivity contribution in [3.05, 3.63) is 40.8 Å². The fourth-order valence-corrected chi connectivity index (χ4v) is 8.27. The van der Waals surface area contributed by atoms with Gasteiger partial charge in [-0.25, -0.2) is 0 Å². The summed E-state index contributed by atoms with van der Waals surface area (Å²) in [5.41, 5.74) is 4.67. The zero-order valence-electron chi connectivity index (χ0n) is 20.7. The molecular weight excluding hydrogens is 416 g/mol. The van der Waals surface area contributed by atoms with Crippen molar-refractivity contribution >= 4 is 25.7 Å². The van der Waals surface area contributed by atoms with Gasteiger partial charge in [0.2, 0.25) is 0 Å². The van der Waals surface area contributed by atoms with E-state index in [9.17, 15) is 9.59 Å². The van der Waals surface area contributed by atoms with Crippen LogP contribution in [0.2, 0.25) is 24.7 Å². The Morgan fingerprint density at radius 1 is 1.22 bits per heavy atom. The molecule has 3 N–H and O–H groups in total. The van der Waals surface area contributed by atoms with Crippen LogP contribution in [0.5, 0.6) is 0 Å². The molecule has 1 aromatic rings. The molecule has 1 aliphatic heterocycles. The van der Waals surface area contributed by atoms with Crippen LogP contribution in [0.1, 0.15) is 63.4 Å². The zero-order valence-corrected chi connectivity index (χ0v) is 21.8. The third-order valence-electron chi connectivity index (χ3n) is 8.22. The van der Waals surface area contributed by atoms with Crippen molar-refractivity contribution in [3.8, 4) is 0 Å². The van der Waals surface area contributed by atoms with Crippen LogP contribution in [0.4, 0.5) is 10.5 Å². The van der Waals surface area contributed by atoms with Crippen molar-refractivity contribution in [2.24, 2.45) is 0 Å². The summed E-state index contributed by atoms with van der Waals surface area (Å²) in [4.78, 5) is 31.9. The van der Waals surface area contributed by atoms with Gasteiger partial charge in [-0.15, -0.1) is 0 Å². The molecule has 0 saturated heterocycles. The van der Waals surface area contributed by atoms with Crippen LogP contribution in [0.15, 0.2) is 23.8 Å². The van der Waals surface area contributed by atoms with Crippen LogP contribution >= 0.6 is 0 Å². The molecule has 3 aliphatic rings. The first kappa shape index (κ1) is 22.9. The number of hydrogen-bond acceptors (Lipinski definition) is 2. The number of aromatic amines is 1. The van der Waals surface area contributed by atoms with Gasteiger partial charge in [0.05, 0.1) is 0 Å². The van der Waals surface area contributed by atoms with E-state index in [1.54, 1.807) is 0 Å². The molecule has 0 unspecified atom stereocenters. The fraction of sp³-hybridized carbons (Fsp3) is 0.600. The Balaban J connectivity index is 1.53.